The van der Waals surface area contributed by atoms with Crippen molar-refractivity contribution >= 4 is 0 Å². The molecule has 2 nitrogen and oxygen atoms in total. The molecule has 0 aliphatic carbocycles. The van der Waals surface area contributed by atoms with Crippen LogP contribution in [0.3, 0.4) is 0 Å². The van der Waals surface area contributed by atoms with Crippen LogP contribution in [0.2, 0.25) is 0 Å². The zero-order chi connectivity index (χ0) is 9.64. The van der Waals surface area contributed by atoms with Gasteiger partial charge in [0.15, 0.2) is 0 Å². The van der Waals surface area contributed by atoms with E-state index in [2.05, 4.69) is 32.6 Å². The smallest absolute Gasteiger partial charge is 0.0724 e. The maximum absolute atomic E-state index is 5.40. The van der Waals surface area contributed by atoms with Gasteiger partial charge in [-0.2, -0.15) is 0 Å². The summed E-state index contributed by atoms with van der Waals surface area (Å²) < 4.78 is 5.40. The Hall–Kier alpha value is -0.0800. The highest BCUT2D eigenvalue weighted by molar-refractivity contribution is 5.12. The molecule has 0 aromatic carbocycles. The van der Waals surface area contributed by atoms with Gasteiger partial charge in [0.05, 0.1) is 18.8 Å². The number of nitrogens with zero attached hydrogens (tertiary/aromatic N) is 1. The van der Waals surface area contributed by atoms with Gasteiger partial charge < -0.3 is 4.74 Å². The number of hydrogen-bond donors (Lipinski definition) is 0. The lowest BCUT2D eigenvalue weighted by molar-refractivity contribution is -0.250. The molecular formula is C11H21NO. The molecule has 0 radical (unpaired) electrons. The molecule has 2 aliphatic rings. The summed E-state index contributed by atoms with van der Waals surface area (Å²) >= 11 is 0. The van der Waals surface area contributed by atoms with Crippen molar-refractivity contribution in [3.63, 3.8) is 0 Å². The third-order valence-corrected chi connectivity index (χ3v) is 3.79. The Bertz CT molecular complexity index is 180. The van der Waals surface area contributed by atoms with E-state index in [0.717, 1.165) is 25.0 Å². The van der Waals surface area contributed by atoms with Crippen molar-refractivity contribution in [2.24, 2.45) is 11.8 Å². The fraction of sp³-hybridized carbons (Fsp3) is 1.00. The molecule has 2 aliphatic heterocycles. The maximum Gasteiger partial charge on any atom is 0.0724 e. The second-order valence-corrected chi connectivity index (χ2v) is 5.19. The first-order chi connectivity index (χ1) is 6.08. The topological polar surface area (TPSA) is 12.5 Å². The summed E-state index contributed by atoms with van der Waals surface area (Å²) in [6, 6.07) is 0.680. The van der Waals surface area contributed by atoms with Crippen LogP contribution in [0.1, 0.15) is 27.7 Å². The van der Waals surface area contributed by atoms with Crippen LogP contribution in [0.4, 0.5) is 0 Å². The minimum Gasteiger partial charge on any atom is -0.377 e. The fourth-order valence-corrected chi connectivity index (χ4v) is 2.91. The van der Waals surface area contributed by atoms with E-state index < -0.39 is 0 Å². The van der Waals surface area contributed by atoms with Crippen LogP contribution in [0.25, 0.3) is 0 Å². The van der Waals surface area contributed by atoms with Gasteiger partial charge in [-0.05, 0) is 25.7 Å². The number of rotatable bonds is 2. The van der Waals surface area contributed by atoms with Crippen LogP contribution in [0.5, 0.6) is 0 Å². The first-order valence-electron chi connectivity index (χ1n) is 5.42. The van der Waals surface area contributed by atoms with Crippen molar-refractivity contribution in [3.8, 4) is 0 Å². The molecule has 2 saturated heterocycles. The molecule has 2 fully saturated rings. The summed E-state index contributed by atoms with van der Waals surface area (Å²) in [5.41, 5.74) is 0.433. The molecule has 1 atom stereocenters. The molecule has 0 aromatic heterocycles. The van der Waals surface area contributed by atoms with Gasteiger partial charge >= 0.3 is 0 Å². The SMILES string of the molecule is CC(C)C1CN(C(C)C)C12COC2. The summed E-state index contributed by atoms with van der Waals surface area (Å²) in [5, 5.41) is 0. The van der Waals surface area contributed by atoms with Crippen molar-refractivity contribution in [1.82, 2.24) is 4.90 Å². The molecule has 0 amide bonds. The van der Waals surface area contributed by atoms with E-state index in [0.29, 0.717) is 11.6 Å². The van der Waals surface area contributed by atoms with E-state index in [1.807, 2.05) is 0 Å². The molecule has 0 N–H and O–H groups in total. The second kappa shape index (κ2) is 2.96. The normalized spacial score (nSPS) is 32.3. The summed E-state index contributed by atoms with van der Waals surface area (Å²) in [4.78, 5) is 2.61. The van der Waals surface area contributed by atoms with Crippen LogP contribution < -0.4 is 0 Å². The third kappa shape index (κ3) is 1.15. The summed E-state index contributed by atoms with van der Waals surface area (Å²) in [7, 11) is 0. The maximum atomic E-state index is 5.40. The standard InChI is InChI=1S/C11H21NO/c1-8(2)10-5-12(9(3)4)11(10)6-13-7-11/h8-10H,5-7H2,1-4H3. The Morgan fingerprint density at radius 1 is 1.23 bits per heavy atom. The van der Waals surface area contributed by atoms with Crippen molar-refractivity contribution in [2.75, 3.05) is 19.8 Å². The van der Waals surface area contributed by atoms with Crippen molar-refractivity contribution in [1.29, 1.82) is 0 Å². The lowest BCUT2D eigenvalue weighted by Crippen LogP contribution is -2.78. The summed E-state index contributed by atoms with van der Waals surface area (Å²) in [6.07, 6.45) is 0. The Morgan fingerprint density at radius 3 is 2.15 bits per heavy atom. The highest BCUT2D eigenvalue weighted by Gasteiger charge is 2.59. The van der Waals surface area contributed by atoms with Crippen LogP contribution in [0.15, 0.2) is 0 Å². The molecule has 1 unspecified atom stereocenters. The van der Waals surface area contributed by atoms with Crippen molar-refractivity contribution < 1.29 is 4.74 Å². The molecule has 13 heavy (non-hydrogen) atoms. The van der Waals surface area contributed by atoms with Crippen LogP contribution in [-0.4, -0.2) is 36.2 Å². The molecule has 0 saturated carbocycles. The molecule has 1 spiro atoms. The monoisotopic (exact) mass is 183 g/mol. The Labute approximate surface area is 81.3 Å². The lowest BCUT2D eigenvalue weighted by atomic mass is 9.66. The minimum atomic E-state index is 0.433. The van der Waals surface area contributed by atoms with E-state index in [9.17, 15) is 0 Å². The van der Waals surface area contributed by atoms with Crippen LogP contribution in [0, 0.1) is 11.8 Å². The van der Waals surface area contributed by atoms with Gasteiger partial charge in [0.25, 0.3) is 0 Å². The molecule has 0 bridgehead atoms. The predicted molar refractivity (Wildman–Crippen MR) is 53.7 cm³/mol. The Morgan fingerprint density at radius 2 is 1.85 bits per heavy atom. The molecule has 2 heterocycles. The van der Waals surface area contributed by atoms with Crippen molar-refractivity contribution in [2.45, 2.75) is 39.3 Å². The molecule has 2 heteroatoms. The van der Waals surface area contributed by atoms with Gasteiger partial charge in [-0.25, -0.2) is 0 Å². The van der Waals surface area contributed by atoms with Gasteiger partial charge in [0.1, 0.15) is 0 Å². The van der Waals surface area contributed by atoms with Crippen molar-refractivity contribution in [3.05, 3.63) is 0 Å². The van der Waals surface area contributed by atoms with Gasteiger partial charge in [0.2, 0.25) is 0 Å². The zero-order valence-corrected chi connectivity index (χ0v) is 9.21. The van der Waals surface area contributed by atoms with E-state index in [-0.39, 0.29) is 0 Å². The van der Waals surface area contributed by atoms with Crippen LogP contribution in [-0.2, 0) is 4.74 Å². The average Bonchev–Trinajstić information content (AvgIpc) is 1.77. The number of likely N-dealkylation sites (tertiary alicyclic amines) is 1. The summed E-state index contributed by atoms with van der Waals surface area (Å²) in [6.45, 7) is 12.5. The van der Waals surface area contributed by atoms with Crippen LogP contribution >= 0.6 is 0 Å². The fourth-order valence-electron chi connectivity index (χ4n) is 2.91. The molecular weight excluding hydrogens is 162 g/mol. The van der Waals surface area contributed by atoms with E-state index in [1.54, 1.807) is 0 Å². The average molecular weight is 183 g/mol. The highest BCUT2D eigenvalue weighted by Crippen LogP contribution is 2.46. The molecule has 0 aromatic rings. The first kappa shape index (κ1) is 9.47. The number of hydrogen-bond acceptors (Lipinski definition) is 2. The largest absolute Gasteiger partial charge is 0.377 e. The molecule has 2 rings (SSSR count). The minimum absolute atomic E-state index is 0.433. The van der Waals surface area contributed by atoms with Gasteiger partial charge in [0, 0.05) is 12.6 Å². The van der Waals surface area contributed by atoms with E-state index in [4.69, 9.17) is 4.74 Å². The predicted octanol–water partition coefficient (Wildman–Crippen LogP) is 1.75. The van der Waals surface area contributed by atoms with Gasteiger partial charge in [-0.3, -0.25) is 4.90 Å². The van der Waals surface area contributed by atoms with E-state index >= 15 is 0 Å². The Kier molecular flexibility index (Phi) is 2.16. The first-order valence-corrected chi connectivity index (χ1v) is 5.42. The third-order valence-electron chi connectivity index (χ3n) is 3.79. The Balaban J connectivity index is 2.06. The van der Waals surface area contributed by atoms with E-state index in [1.165, 1.54) is 6.54 Å². The zero-order valence-electron chi connectivity index (χ0n) is 9.21. The second-order valence-electron chi connectivity index (χ2n) is 5.19. The molecule has 76 valence electrons. The summed E-state index contributed by atoms with van der Waals surface area (Å²) in [5.74, 6) is 1.67. The van der Waals surface area contributed by atoms with Gasteiger partial charge in [-0.1, -0.05) is 13.8 Å². The number of ether oxygens (including phenoxy) is 1. The highest BCUT2D eigenvalue weighted by atomic mass is 16.5. The quantitative estimate of drug-likeness (QED) is 0.646. The lowest BCUT2D eigenvalue weighted by Gasteiger charge is -2.66. The van der Waals surface area contributed by atoms with Gasteiger partial charge in [-0.15, -0.1) is 0 Å².